The average molecular weight is 393 g/mol. The van der Waals surface area contributed by atoms with E-state index in [4.69, 9.17) is 4.74 Å². The van der Waals surface area contributed by atoms with Crippen molar-refractivity contribution < 1.29 is 14.3 Å². The highest BCUT2D eigenvalue weighted by Gasteiger charge is 2.22. The highest BCUT2D eigenvalue weighted by Crippen LogP contribution is 2.30. The average Bonchev–Trinajstić information content (AvgIpc) is 2.65. The van der Waals surface area contributed by atoms with Crippen LogP contribution in [0.3, 0.4) is 0 Å². The Kier molecular flexibility index (Phi) is 6.01. The number of amides is 2. The third kappa shape index (κ3) is 5.44. The van der Waals surface area contributed by atoms with Crippen molar-refractivity contribution in [3.05, 3.63) is 60.4 Å². The number of carbonyl (C=O) groups excluding carboxylic acids is 2. The number of para-hydroxylation sites is 1. The zero-order valence-corrected chi connectivity index (χ0v) is 17.2. The largest absolute Gasteiger partial charge is 0.444 e. The predicted molar refractivity (Wildman–Crippen MR) is 113 cm³/mol. The monoisotopic (exact) mass is 393 g/mol. The molecule has 0 aliphatic carbocycles. The first-order chi connectivity index (χ1) is 13.7. The summed E-state index contributed by atoms with van der Waals surface area (Å²) in [6.45, 7) is 7.31. The van der Waals surface area contributed by atoms with Crippen LogP contribution in [-0.4, -0.2) is 22.6 Å². The van der Waals surface area contributed by atoms with E-state index in [1.165, 1.54) is 0 Å². The smallest absolute Gasteiger partial charge is 0.408 e. The lowest BCUT2D eigenvalue weighted by atomic mass is 9.99. The van der Waals surface area contributed by atoms with Gasteiger partial charge in [0.05, 0.1) is 17.7 Å². The molecular weight excluding hydrogens is 366 g/mol. The maximum atomic E-state index is 12.6. The minimum atomic E-state index is -0.591. The quantitative estimate of drug-likeness (QED) is 0.679. The van der Waals surface area contributed by atoms with Crippen molar-refractivity contribution in [2.75, 3.05) is 5.32 Å². The summed E-state index contributed by atoms with van der Waals surface area (Å²) in [6, 6.07) is 11.1. The number of fused-ring (bicyclic) bond motifs is 4. The lowest BCUT2D eigenvalue weighted by Gasteiger charge is -2.23. The fraction of sp³-hybridized carbons (Fsp3) is 0.348. The van der Waals surface area contributed by atoms with Crippen LogP contribution in [0.4, 0.5) is 10.5 Å². The van der Waals surface area contributed by atoms with E-state index in [0.717, 1.165) is 22.5 Å². The molecule has 1 aromatic carbocycles. The van der Waals surface area contributed by atoms with Crippen LogP contribution in [0.25, 0.3) is 11.1 Å². The van der Waals surface area contributed by atoms with Gasteiger partial charge in [-0.25, -0.2) is 4.79 Å². The second kappa shape index (κ2) is 8.47. The number of alkyl carbamates (subject to hydrolysis) is 1. The van der Waals surface area contributed by atoms with Crippen LogP contribution in [0, 0.1) is 5.92 Å². The summed E-state index contributed by atoms with van der Waals surface area (Å²) in [5, 5.41) is 5.92. The van der Waals surface area contributed by atoms with Crippen LogP contribution >= 0.6 is 0 Å². The summed E-state index contributed by atoms with van der Waals surface area (Å²) < 4.78 is 5.41. The number of anilines is 1. The van der Waals surface area contributed by atoms with Crippen LogP contribution in [0.2, 0.25) is 0 Å². The summed E-state index contributed by atoms with van der Waals surface area (Å²) in [6.07, 6.45) is 5.45. The minimum Gasteiger partial charge on any atom is -0.444 e. The van der Waals surface area contributed by atoms with Crippen molar-refractivity contribution in [2.24, 2.45) is 5.92 Å². The van der Waals surface area contributed by atoms with Gasteiger partial charge in [-0.15, -0.1) is 0 Å². The molecule has 2 amide bonds. The van der Waals surface area contributed by atoms with E-state index >= 15 is 0 Å². The number of nitrogens with one attached hydrogen (secondary N) is 2. The normalized spacial score (nSPS) is 20.3. The molecule has 29 heavy (non-hydrogen) atoms. The summed E-state index contributed by atoms with van der Waals surface area (Å²) in [4.78, 5) is 29.4. The maximum absolute atomic E-state index is 12.6. The molecule has 1 aliphatic heterocycles. The van der Waals surface area contributed by atoms with Crippen LogP contribution < -0.4 is 10.6 Å². The van der Waals surface area contributed by atoms with Gasteiger partial charge in [0.15, 0.2) is 0 Å². The molecule has 2 N–H and O–H groups in total. The number of hydrogen-bond donors (Lipinski definition) is 2. The molecule has 6 nitrogen and oxygen atoms in total. The van der Waals surface area contributed by atoms with E-state index in [1.54, 1.807) is 6.20 Å². The van der Waals surface area contributed by atoms with E-state index in [9.17, 15) is 9.59 Å². The van der Waals surface area contributed by atoms with Crippen molar-refractivity contribution in [1.82, 2.24) is 10.3 Å². The molecule has 152 valence electrons. The number of carbonyl (C=O) groups is 2. The second-order valence-corrected chi connectivity index (χ2v) is 8.16. The first-order valence-electron chi connectivity index (χ1n) is 9.75. The maximum Gasteiger partial charge on any atom is 0.408 e. The third-order valence-corrected chi connectivity index (χ3v) is 4.54. The van der Waals surface area contributed by atoms with Crippen molar-refractivity contribution in [3.63, 3.8) is 0 Å². The summed E-state index contributed by atoms with van der Waals surface area (Å²) >= 11 is 0. The van der Waals surface area contributed by atoms with Crippen molar-refractivity contribution in [1.29, 1.82) is 0 Å². The Morgan fingerprint density at radius 2 is 2.00 bits per heavy atom. The Morgan fingerprint density at radius 3 is 2.76 bits per heavy atom. The summed E-state index contributed by atoms with van der Waals surface area (Å²) in [5.74, 6) is -0.392. The third-order valence-electron chi connectivity index (χ3n) is 4.54. The fourth-order valence-electron chi connectivity index (χ4n) is 3.11. The standard InChI is InChI=1S/C23H27N3O3/c1-15-8-7-11-19(26-22(28)29-23(2,3)4)20-14-16(12-13-24-20)17-9-5-6-10-18(17)25-21(15)27/h5-10,12-15,19H,11H2,1-4H3,(H,25,27)(H,26,28)/b8-7-/t15-,19+/m1/s1. The van der Waals surface area contributed by atoms with Gasteiger partial charge in [0.2, 0.25) is 5.91 Å². The van der Waals surface area contributed by atoms with Crippen LogP contribution in [0.15, 0.2) is 54.7 Å². The van der Waals surface area contributed by atoms with Crippen LogP contribution in [0.5, 0.6) is 0 Å². The number of pyridine rings is 1. The highest BCUT2D eigenvalue weighted by molar-refractivity contribution is 5.97. The zero-order chi connectivity index (χ0) is 21.0. The predicted octanol–water partition coefficient (Wildman–Crippen LogP) is 4.85. The molecule has 3 rings (SSSR count). The van der Waals surface area contributed by atoms with Gasteiger partial charge in [-0.1, -0.05) is 37.3 Å². The van der Waals surface area contributed by atoms with Crippen molar-refractivity contribution in [3.8, 4) is 11.1 Å². The molecule has 2 bridgehead atoms. The van der Waals surface area contributed by atoms with Crippen molar-refractivity contribution in [2.45, 2.75) is 45.8 Å². The molecule has 1 aromatic heterocycles. The molecule has 0 spiro atoms. The van der Waals surface area contributed by atoms with Gasteiger partial charge >= 0.3 is 6.09 Å². The number of nitrogens with zero attached hydrogens (tertiary/aromatic N) is 1. The molecule has 0 saturated heterocycles. The van der Waals surface area contributed by atoms with Gasteiger partial charge in [-0.3, -0.25) is 9.78 Å². The number of ether oxygens (including phenoxy) is 1. The fourth-order valence-corrected chi connectivity index (χ4v) is 3.11. The van der Waals surface area contributed by atoms with E-state index in [0.29, 0.717) is 6.42 Å². The first kappa shape index (κ1) is 20.6. The Hall–Kier alpha value is -3.15. The molecular formula is C23H27N3O3. The zero-order valence-electron chi connectivity index (χ0n) is 17.2. The number of aromatic nitrogens is 1. The Bertz CT molecular complexity index is 931. The van der Waals surface area contributed by atoms with Gasteiger partial charge in [0.1, 0.15) is 5.60 Å². The molecule has 1 aliphatic rings. The topological polar surface area (TPSA) is 80.3 Å². The molecule has 6 heteroatoms. The van der Waals surface area contributed by atoms with Gasteiger partial charge < -0.3 is 15.4 Å². The number of benzene rings is 1. The van der Waals surface area contributed by atoms with Crippen LogP contribution in [-0.2, 0) is 9.53 Å². The van der Waals surface area contributed by atoms with E-state index in [-0.39, 0.29) is 17.9 Å². The van der Waals surface area contributed by atoms with E-state index in [2.05, 4.69) is 15.6 Å². The van der Waals surface area contributed by atoms with Crippen LogP contribution in [0.1, 0.15) is 45.9 Å². The van der Waals surface area contributed by atoms with E-state index < -0.39 is 11.7 Å². The molecule has 0 radical (unpaired) electrons. The van der Waals surface area contributed by atoms with E-state index in [1.807, 2.05) is 76.2 Å². The SMILES string of the molecule is C[C@@H]1/C=C\C[C@H](NC(=O)OC(C)(C)C)c2cc(ccn2)-c2ccccc2NC1=O. The first-order valence-corrected chi connectivity index (χ1v) is 9.75. The molecule has 0 unspecified atom stereocenters. The van der Waals surface area contributed by atoms with Crippen molar-refractivity contribution >= 4 is 17.7 Å². The molecule has 0 saturated carbocycles. The lowest BCUT2D eigenvalue weighted by molar-refractivity contribution is -0.118. The molecule has 0 fully saturated rings. The van der Waals surface area contributed by atoms with Gasteiger partial charge in [0.25, 0.3) is 0 Å². The number of rotatable bonds is 1. The lowest BCUT2D eigenvalue weighted by Crippen LogP contribution is -2.35. The van der Waals surface area contributed by atoms with Gasteiger partial charge in [-0.2, -0.15) is 0 Å². The van der Waals surface area contributed by atoms with Gasteiger partial charge in [0, 0.05) is 17.4 Å². The summed E-state index contributed by atoms with van der Waals surface area (Å²) in [5.41, 5.74) is 2.70. The Morgan fingerprint density at radius 1 is 1.24 bits per heavy atom. The second-order valence-electron chi connectivity index (χ2n) is 8.16. The molecule has 2 heterocycles. The molecule has 2 atom stereocenters. The highest BCUT2D eigenvalue weighted by atomic mass is 16.6. The summed E-state index contributed by atoms with van der Waals surface area (Å²) in [7, 11) is 0. The Labute approximate surface area is 171 Å². The Balaban J connectivity index is 2.01. The van der Waals surface area contributed by atoms with Gasteiger partial charge in [-0.05, 0) is 51.0 Å². The number of hydrogen-bond acceptors (Lipinski definition) is 4. The minimum absolute atomic E-state index is 0.0831. The molecule has 2 aromatic rings.